The fourth-order valence-corrected chi connectivity index (χ4v) is 3.86. The number of hydrogen-bond donors (Lipinski definition) is 0. The summed E-state index contributed by atoms with van der Waals surface area (Å²) >= 11 is 0. The molecule has 32 heavy (non-hydrogen) atoms. The van der Waals surface area contributed by atoms with Crippen LogP contribution in [0.2, 0.25) is 0 Å². The summed E-state index contributed by atoms with van der Waals surface area (Å²) in [6.45, 7) is 6.70. The Kier molecular flexibility index (Phi) is 7.16. The molecule has 7 heteroatoms. The van der Waals surface area contributed by atoms with Crippen molar-refractivity contribution in [2.75, 3.05) is 0 Å². The summed E-state index contributed by atoms with van der Waals surface area (Å²) in [6, 6.07) is 14.4. The van der Waals surface area contributed by atoms with Crippen LogP contribution >= 0.6 is 0 Å². The predicted octanol–water partition coefficient (Wildman–Crippen LogP) is 8.45. The average molecular weight is 427 g/mol. The van der Waals surface area contributed by atoms with E-state index >= 15 is 0 Å². The number of ketones is 1. The fraction of sp³-hybridized carbons (Fsp3) is 0.320. The minimum atomic E-state index is 0.0615. The van der Waals surface area contributed by atoms with E-state index in [4.69, 9.17) is 11.1 Å². The molecule has 0 N–H and O–H groups in total. The molecule has 2 aromatic carbocycles. The Bertz CT molecular complexity index is 1060. The summed E-state index contributed by atoms with van der Waals surface area (Å²) in [5.74, 6) is 0.402. The fourth-order valence-electron chi connectivity index (χ4n) is 3.86. The zero-order chi connectivity index (χ0) is 23.1. The van der Waals surface area contributed by atoms with Crippen LogP contribution < -0.4 is 0 Å². The Labute approximate surface area is 187 Å². The minimum Gasteiger partial charge on any atom is -0.289 e. The number of nitrogens with zero attached hydrogens (tertiary/aromatic N) is 6. The normalized spacial score (nSPS) is 18.8. The second-order valence-corrected chi connectivity index (χ2v) is 8.68. The van der Waals surface area contributed by atoms with Crippen molar-refractivity contribution in [2.24, 2.45) is 21.6 Å². The first kappa shape index (κ1) is 22.9. The van der Waals surface area contributed by atoms with Crippen LogP contribution in [0.3, 0.4) is 0 Å². The Morgan fingerprint density at radius 3 is 1.62 bits per heavy atom. The van der Waals surface area contributed by atoms with Crippen LogP contribution in [0.15, 0.2) is 69.9 Å². The molecule has 1 aliphatic carbocycles. The van der Waals surface area contributed by atoms with E-state index in [2.05, 4.69) is 40.8 Å². The van der Waals surface area contributed by atoms with Crippen LogP contribution in [0, 0.1) is 11.3 Å². The van der Waals surface area contributed by atoms with Crippen molar-refractivity contribution in [1.82, 2.24) is 0 Å². The SMILES string of the molecule is CCC(C)(C)C1CC(=Cc2ccc(N=[N+]=[N-])cc2)C(=O)C(=Cc2ccc(N=[N+]=[N-])cc2)C1. The van der Waals surface area contributed by atoms with Gasteiger partial charge in [-0.25, -0.2) is 0 Å². The maximum absolute atomic E-state index is 13.4. The molecule has 0 aromatic heterocycles. The summed E-state index contributed by atoms with van der Waals surface area (Å²) in [4.78, 5) is 19.0. The van der Waals surface area contributed by atoms with Gasteiger partial charge in [-0.3, -0.25) is 4.79 Å². The molecule has 0 radical (unpaired) electrons. The summed E-state index contributed by atoms with van der Waals surface area (Å²) in [5, 5.41) is 7.20. The molecule has 1 aliphatic rings. The lowest BCUT2D eigenvalue weighted by molar-refractivity contribution is -0.113. The molecule has 0 aliphatic heterocycles. The summed E-state index contributed by atoms with van der Waals surface area (Å²) in [5.41, 5.74) is 21.7. The third kappa shape index (κ3) is 5.46. The highest BCUT2D eigenvalue weighted by molar-refractivity contribution is 6.14. The van der Waals surface area contributed by atoms with Gasteiger partial charge in [0.05, 0.1) is 0 Å². The van der Waals surface area contributed by atoms with E-state index in [1.54, 1.807) is 24.3 Å². The van der Waals surface area contributed by atoms with Gasteiger partial charge in [0, 0.05) is 32.3 Å². The number of allylic oxidation sites excluding steroid dienone is 2. The first-order valence-electron chi connectivity index (χ1n) is 10.6. The van der Waals surface area contributed by atoms with Crippen LogP contribution in [-0.4, -0.2) is 5.78 Å². The van der Waals surface area contributed by atoms with E-state index in [0.29, 0.717) is 17.3 Å². The van der Waals surface area contributed by atoms with E-state index in [1.807, 2.05) is 36.4 Å². The van der Waals surface area contributed by atoms with E-state index in [0.717, 1.165) is 41.5 Å². The Morgan fingerprint density at radius 1 is 0.875 bits per heavy atom. The van der Waals surface area contributed by atoms with Crippen molar-refractivity contribution in [1.29, 1.82) is 0 Å². The molecule has 7 nitrogen and oxygen atoms in total. The maximum atomic E-state index is 13.4. The molecule has 0 heterocycles. The van der Waals surface area contributed by atoms with Gasteiger partial charge in [0.25, 0.3) is 0 Å². The molecule has 0 unspecified atom stereocenters. The summed E-state index contributed by atoms with van der Waals surface area (Å²) in [6.07, 6.45) is 6.36. The zero-order valence-electron chi connectivity index (χ0n) is 18.6. The first-order chi connectivity index (χ1) is 15.4. The van der Waals surface area contributed by atoms with Crippen LogP contribution in [-0.2, 0) is 4.79 Å². The first-order valence-corrected chi connectivity index (χ1v) is 10.6. The molecule has 162 valence electrons. The highest BCUT2D eigenvalue weighted by Crippen LogP contribution is 2.44. The Balaban J connectivity index is 1.98. The van der Waals surface area contributed by atoms with Gasteiger partial charge in [0.15, 0.2) is 5.78 Å². The van der Waals surface area contributed by atoms with Crippen molar-refractivity contribution in [3.05, 3.63) is 91.7 Å². The van der Waals surface area contributed by atoms with Gasteiger partial charge in [-0.2, -0.15) is 0 Å². The van der Waals surface area contributed by atoms with Gasteiger partial charge in [-0.1, -0.05) is 86.0 Å². The summed E-state index contributed by atoms with van der Waals surface area (Å²) in [7, 11) is 0. The van der Waals surface area contributed by atoms with Crippen LogP contribution in [0.1, 0.15) is 51.2 Å². The van der Waals surface area contributed by atoms with E-state index < -0.39 is 0 Å². The van der Waals surface area contributed by atoms with Crippen LogP contribution in [0.4, 0.5) is 11.4 Å². The smallest absolute Gasteiger partial charge is 0.185 e. The molecule has 2 aromatic rings. The quantitative estimate of drug-likeness (QED) is 0.196. The van der Waals surface area contributed by atoms with Gasteiger partial charge >= 0.3 is 0 Å². The number of hydrogen-bond acceptors (Lipinski definition) is 3. The van der Waals surface area contributed by atoms with Crippen molar-refractivity contribution in [3.8, 4) is 0 Å². The topological polar surface area (TPSA) is 115 Å². The van der Waals surface area contributed by atoms with Crippen molar-refractivity contribution in [3.63, 3.8) is 0 Å². The van der Waals surface area contributed by atoms with E-state index in [9.17, 15) is 4.79 Å². The summed E-state index contributed by atoms with van der Waals surface area (Å²) < 4.78 is 0. The molecule has 0 saturated heterocycles. The lowest BCUT2D eigenvalue weighted by Crippen LogP contribution is -2.30. The minimum absolute atomic E-state index is 0.0615. The Morgan fingerprint density at radius 2 is 1.28 bits per heavy atom. The van der Waals surface area contributed by atoms with Gasteiger partial charge in [-0.05, 0) is 58.5 Å². The largest absolute Gasteiger partial charge is 0.289 e. The molecule has 1 saturated carbocycles. The average Bonchev–Trinajstić information content (AvgIpc) is 2.79. The van der Waals surface area contributed by atoms with Gasteiger partial charge < -0.3 is 0 Å². The monoisotopic (exact) mass is 426 g/mol. The molecular formula is C25H26N6O. The molecule has 1 fully saturated rings. The highest BCUT2D eigenvalue weighted by atomic mass is 16.1. The standard InChI is InChI=1S/C25H26N6O/c1-4-25(2,3)21-15-19(13-17-5-9-22(10-6-17)28-30-26)24(32)20(16-21)14-18-7-11-23(12-8-18)29-31-27/h5-14,21H,4,15-16H2,1-3H3. The molecule has 0 atom stereocenters. The van der Waals surface area contributed by atoms with Crippen molar-refractivity contribution in [2.45, 2.75) is 40.0 Å². The van der Waals surface area contributed by atoms with Gasteiger partial charge in [-0.15, -0.1) is 0 Å². The van der Waals surface area contributed by atoms with Crippen molar-refractivity contribution >= 4 is 29.3 Å². The third-order valence-electron chi connectivity index (χ3n) is 6.32. The van der Waals surface area contributed by atoms with Gasteiger partial charge in [0.2, 0.25) is 0 Å². The zero-order valence-corrected chi connectivity index (χ0v) is 18.6. The molecule has 0 amide bonds. The second kappa shape index (κ2) is 10.0. The number of rotatable bonds is 6. The molecule has 3 rings (SSSR count). The molecule has 0 spiro atoms. The lowest BCUT2D eigenvalue weighted by Gasteiger charge is -2.37. The third-order valence-corrected chi connectivity index (χ3v) is 6.32. The predicted molar refractivity (Wildman–Crippen MR) is 128 cm³/mol. The highest BCUT2D eigenvalue weighted by Gasteiger charge is 2.36. The number of benzene rings is 2. The number of azide groups is 2. The Hall–Kier alpha value is -3.79. The van der Waals surface area contributed by atoms with Gasteiger partial charge in [0.1, 0.15) is 0 Å². The van der Waals surface area contributed by atoms with E-state index in [1.165, 1.54) is 0 Å². The van der Waals surface area contributed by atoms with Crippen molar-refractivity contribution < 1.29 is 4.79 Å². The number of Topliss-reactive ketones (excluding diaryl/α,β-unsaturated/α-hetero) is 1. The lowest BCUT2D eigenvalue weighted by atomic mass is 9.66. The maximum Gasteiger partial charge on any atom is 0.185 e. The van der Waals surface area contributed by atoms with E-state index in [-0.39, 0.29) is 11.2 Å². The number of carbonyl (C=O) groups excluding carboxylic acids is 1. The van der Waals surface area contributed by atoms with Crippen LogP contribution in [0.25, 0.3) is 33.0 Å². The number of carbonyl (C=O) groups is 1. The second-order valence-electron chi connectivity index (χ2n) is 8.68. The molecular weight excluding hydrogens is 400 g/mol. The molecule has 0 bridgehead atoms. The van der Waals surface area contributed by atoms with Crippen LogP contribution in [0.5, 0.6) is 0 Å².